The summed E-state index contributed by atoms with van der Waals surface area (Å²) < 4.78 is 0. The Morgan fingerprint density at radius 2 is 2.10 bits per heavy atom. The Morgan fingerprint density at radius 3 is 2.90 bits per heavy atom. The summed E-state index contributed by atoms with van der Waals surface area (Å²) in [6.07, 6.45) is 8.62. The first-order valence-electron chi connectivity index (χ1n) is 7.89. The average Bonchev–Trinajstić information content (AvgIpc) is 2.43. The molecule has 3 rings (SSSR count). The molecule has 2 nitrogen and oxygen atoms in total. The van der Waals surface area contributed by atoms with E-state index in [9.17, 15) is 0 Å². The highest BCUT2D eigenvalue weighted by molar-refractivity contribution is 5.81. The zero-order valence-electron chi connectivity index (χ0n) is 12.3. The van der Waals surface area contributed by atoms with E-state index in [-0.39, 0.29) is 0 Å². The van der Waals surface area contributed by atoms with Crippen LogP contribution in [0, 0.1) is 5.92 Å². The van der Waals surface area contributed by atoms with Crippen LogP contribution in [0.2, 0.25) is 0 Å². The van der Waals surface area contributed by atoms with Gasteiger partial charge >= 0.3 is 0 Å². The van der Waals surface area contributed by atoms with Crippen molar-refractivity contribution in [2.24, 2.45) is 5.92 Å². The number of para-hydroxylation sites is 1. The monoisotopic (exact) mass is 268 g/mol. The van der Waals surface area contributed by atoms with Gasteiger partial charge < -0.3 is 5.32 Å². The third-order valence-electron chi connectivity index (χ3n) is 4.52. The van der Waals surface area contributed by atoms with Crippen LogP contribution in [0.1, 0.15) is 38.2 Å². The third kappa shape index (κ3) is 3.18. The van der Waals surface area contributed by atoms with Crippen molar-refractivity contribution in [3.63, 3.8) is 0 Å². The zero-order chi connectivity index (χ0) is 13.8. The second-order valence-electron chi connectivity index (χ2n) is 6.13. The van der Waals surface area contributed by atoms with Crippen LogP contribution >= 0.6 is 0 Å². The second kappa shape index (κ2) is 6.36. The molecule has 2 aromatic rings. The summed E-state index contributed by atoms with van der Waals surface area (Å²) >= 11 is 0. The third-order valence-corrected chi connectivity index (χ3v) is 4.52. The highest BCUT2D eigenvalue weighted by Crippen LogP contribution is 2.30. The Hall–Kier alpha value is -1.41. The number of nitrogens with zero attached hydrogens (tertiary/aromatic N) is 1. The van der Waals surface area contributed by atoms with Gasteiger partial charge in [-0.05, 0) is 43.9 Å². The van der Waals surface area contributed by atoms with E-state index in [4.69, 9.17) is 0 Å². The van der Waals surface area contributed by atoms with Crippen LogP contribution in [-0.2, 0) is 6.42 Å². The average molecular weight is 268 g/mol. The number of aromatic nitrogens is 1. The van der Waals surface area contributed by atoms with Gasteiger partial charge in [-0.1, -0.05) is 43.5 Å². The smallest absolute Gasteiger partial charge is 0.0734 e. The Morgan fingerprint density at radius 1 is 1.25 bits per heavy atom. The van der Waals surface area contributed by atoms with Crippen LogP contribution in [0.3, 0.4) is 0 Å². The molecular formula is C18H24N2. The minimum atomic E-state index is 0.642. The van der Waals surface area contributed by atoms with Gasteiger partial charge in [0, 0.05) is 17.6 Å². The van der Waals surface area contributed by atoms with Crippen LogP contribution in [0.15, 0.2) is 36.5 Å². The molecule has 0 amide bonds. The van der Waals surface area contributed by atoms with Gasteiger partial charge in [-0.15, -0.1) is 0 Å². The topological polar surface area (TPSA) is 24.9 Å². The molecule has 20 heavy (non-hydrogen) atoms. The SMILES string of the molecule is CC(CC1CCC1)NCCc1cccc2cccnc12. The van der Waals surface area contributed by atoms with Gasteiger partial charge in [0.1, 0.15) is 0 Å². The van der Waals surface area contributed by atoms with E-state index in [1.54, 1.807) is 0 Å². The summed E-state index contributed by atoms with van der Waals surface area (Å²) in [7, 11) is 0. The molecule has 0 radical (unpaired) electrons. The maximum Gasteiger partial charge on any atom is 0.0734 e. The highest BCUT2D eigenvalue weighted by Gasteiger charge is 2.19. The van der Waals surface area contributed by atoms with Crippen molar-refractivity contribution in [1.82, 2.24) is 10.3 Å². The van der Waals surface area contributed by atoms with E-state index >= 15 is 0 Å². The fourth-order valence-corrected chi connectivity index (χ4v) is 3.13. The van der Waals surface area contributed by atoms with E-state index < -0.39 is 0 Å². The first-order valence-corrected chi connectivity index (χ1v) is 7.89. The molecule has 0 bridgehead atoms. The molecular weight excluding hydrogens is 244 g/mol. The molecule has 0 aliphatic heterocycles. The number of pyridine rings is 1. The predicted molar refractivity (Wildman–Crippen MR) is 84.9 cm³/mol. The Bertz CT molecular complexity index is 555. The van der Waals surface area contributed by atoms with Crippen molar-refractivity contribution in [2.45, 2.75) is 45.1 Å². The Kier molecular flexibility index (Phi) is 4.31. The van der Waals surface area contributed by atoms with Crippen molar-refractivity contribution in [3.8, 4) is 0 Å². The maximum atomic E-state index is 4.52. The molecule has 1 atom stereocenters. The number of fused-ring (bicyclic) bond motifs is 1. The molecule has 2 heteroatoms. The van der Waals surface area contributed by atoms with Crippen LogP contribution in [0.4, 0.5) is 0 Å². The lowest BCUT2D eigenvalue weighted by Gasteiger charge is -2.28. The Labute approximate surface area is 121 Å². The van der Waals surface area contributed by atoms with E-state index in [0.717, 1.165) is 24.4 Å². The predicted octanol–water partition coefficient (Wildman–Crippen LogP) is 3.95. The molecule has 1 aliphatic rings. The molecule has 1 N–H and O–H groups in total. The fourth-order valence-electron chi connectivity index (χ4n) is 3.13. The highest BCUT2D eigenvalue weighted by atomic mass is 14.9. The van der Waals surface area contributed by atoms with Crippen molar-refractivity contribution in [2.75, 3.05) is 6.54 Å². The maximum absolute atomic E-state index is 4.52. The first-order chi connectivity index (χ1) is 9.83. The van der Waals surface area contributed by atoms with Gasteiger partial charge in [0.05, 0.1) is 5.52 Å². The molecule has 0 spiro atoms. The largest absolute Gasteiger partial charge is 0.314 e. The number of hydrogen-bond donors (Lipinski definition) is 1. The minimum Gasteiger partial charge on any atom is -0.314 e. The molecule has 106 valence electrons. The van der Waals surface area contributed by atoms with E-state index in [1.165, 1.54) is 36.6 Å². The standard InChI is InChI=1S/C18H24N2/c1-14(13-15-5-2-6-15)19-12-10-17-8-3-7-16-9-4-11-20-18(16)17/h3-4,7-9,11,14-15,19H,2,5-6,10,12-13H2,1H3. The van der Waals surface area contributed by atoms with Crippen LogP contribution in [-0.4, -0.2) is 17.6 Å². The Balaban J connectivity index is 1.54. The van der Waals surface area contributed by atoms with Crippen LogP contribution in [0.25, 0.3) is 10.9 Å². The number of nitrogens with one attached hydrogen (secondary N) is 1. The quantitative estimate of drug-likeness (QED) is 0.858. The normalized spacial score (nSPS) is 17.1. The number of rotatable bonds is 6. The van der Waals surface area contributed by atoms with Crippen LogP contribution < -0.4 is 5.32 Å². The molecule has 1 heterocycles. The van der Waals surface area contributed by atoms with Gasteiger partial charge in [0.2, 0.25) is 0 Å². The lowest BCUT2D eigenvalue weighted by molar-refractivity contribution is 0.266. The van der Waals surface area contributed by atoms with Crippen LogP contribution in [0.5, 0.6) is 0 Å². The molecule has 1 aromatic carbocycles. The summed E-state index contributed by atoms with van der Waals surface area (Å²) in [5.74, 6) is 0.983. The molecule has 1 aromatic heterocycles. The van der Waals surface area contributed by atoms with E-state index in [1.807, 2.05) is 12.3 Å². The van der Waals surface area contributed by atoms with E-state index in [0.29, 0.717) is 6.04 Å². The molecule has 1 aliphatic carbocycles. The lowest BCUT2D eigenvalue weighted by Crippen LogP contribution is -2.31. The van der Waals surface area contributed by atoms with Gasteiger partial charge in [0.25, 0.3) is 0 Å². The number of benzene rings is 1. The summed E-state index contributed by atoms with van der Waals surface area (Å²) in [5.41, 5.74) is 2.51. The van der Waals surface area contributed by atoms with Crippen molar-refractivity contribution >= 4 is 10.9 Å². The molecule has 1 saturated carbocycles. The van der Waals surface area contributed by atoms with Gasteiger partial charge in [-0.2, -0.15) is 0 Å². The molecule has 0 saturated heterocycles. The fraction of sp³-hybridized carbons (Fsp3) is 0.500. The van der Waals surface area contributed by atoms with E-state index in [2.05, 4.69) is 41.5 Å². The molecule has 1 fully saturated rings. The summed E-state index contributed by atoms with van der Waals surface area (Å²) in [6, 6.07) is 11.3. The summed E-state index contributed by atoms with van der Waals surface area (Å²) in [6.45, 7) is 3.36. The van der Waals surface area contributed by atoms with Gasteiger partial charge in [-0.25, -0.2) is 0 Å². The first kappa shape index (κ1) is 13.6. The lowest BCUT2D eigenvalue weighted by atomic mass is 9.81. The van der Waals surface area contributed by atoms with Crippen molar-refractivity contribution < 1.29 is 0 Å². The zero-order valence-corrected chi connectivity index (χ0v) is 12.3. The van der Waals surface area contributed by atoms with Crippen molar-refractivity contribution in [1.29, 1.82) is 0 Å². The van der Waals surface area contributed by atoms with Gasteiger partial charge in [0.15, 0.2) is 0 Å². The second-order valence-corrected chi connectivity index (χ2v) is 6.13. The molecule has 1 unspecified atom stereocenters. The van der Waals surface area contributed by atoms with Crippen molar-refractivity contribution in [3.05, 3.63) is 42.1 Å². The minimum absolute atomic E-state index is 0.642. The number of hydrogen-bond acceptors (Lipinski definition) is 2. The summed E-state index contributed by atoms with van der Waals surface area (Å²) in [5, 5.41) is 4.91. The van der Waals surface area contributed by atoms with Gasteiger partial charge in [-0.3, -0.25) is 4.98 Å². The summed E-state index contributed by atoms with van der Waals surface area (Å²) in [4.78, 5) is 4.52.